The molecule has 0 radical (unpaired) electrons. The molecule has 0 atom stereocenters. The summed E-state index contributed by atoms with van der Waals surface area (Å²) in [5.74, 6) is -0.373. The van der Waals surface area contributed by atoms with Crippen molar-refractivity contribution >= 4 is 17.4 Å². The number of Topliss-reactive ketones (excluding diaryl/α,β-unsaturated/α-hetero) is 1. The average molecular weight is 245 g/mol. The Morgan fingerprint density at radius 1 is 1.50 bits per heavy atom. The maximum Gasteiger partial charge on any atom is 0.180 e. The molecule has 88 valence electrons. The van der Waals surface area contributed by atoms with Gasteiger partial charge < -0.3 is 4.74 Å². The zero-order valence-electron chi connectivity index (χ0n) is 9.30. The van der Waals surface area contributed by atoms with E-state index in [1.54, 1.807) is 0 Å². The quantitative estimate of drug-likeness (QED) is 0.587. The van der Waals surface area contributed by atoms with E-state index in [2.05, 4.69) is 0 Å². The van der Waals surface area contributed by atoms with Gasteiger partial charge in [0.15, 0.2) is 5.78 Å². The first kappa shape index (κ1) is 13.0. The highest BCUT2D eigenvalue weighted by atomic mass is 35.5. The SMILES string of the molecule is CC(C)COc1ccc(F)c(C(=O)CCl)c1. The molecule has 0 aromatic heterocycles. The highest BCUT2D eigenvalue weighted by Crippen LogP contribution is 2.18. The number of carbonyl (C=O) groups excluding carboxylic acids is 1. The molecule has 0 saturated heterocycles. The third-order valence-electron chi connectivity index (χ3n) is 1.94. The fourth-order valence-corrected chi connectivity index (χ4v) is 1.29. The number of ether oxygens (including phenoxy) is 1. The van der Waals surface area contributed by atoms with Crippen LogP contribution in [0.1, 0.15) is 24.2 Å². The summed E-state index contributed by atoms with van der Waals surface area (Å²) >= 11 is 5.38. The molecule has 1 rings (SSSR count). The van der Waals surface area contributed by atoms with Gasteiger partial charge >= 0.3 is 0 Å². The van der Waals surface area contributed by atoms with Gasteiger partial charge in [0, 0.05) is 0 Å². The van der Waals surface area contributed by atoms with Gasteiger partial charge in [0.1, 0.15) is 11.6 Å². The first-order chi connectivity index (χ1) is 7.54. The summed E-state index contributed by atoms with van der Waals surface area (Å²) < 4.78 is 18.7. The molecule has 16 heavy (non-hydrogen) atoms. The normalized spacial score (nSPS) is 10.6. The van der Waals surface area contributed by atoms with Gasteiger partial charge in [-0.05, 0) is 24.1 Å². The molecule has 0 bridgehead atoms. The Morgan fingerprint density at radius 2 is 2.19 bits per heavy atom. The molecule has 0 fully saturated rings. The van der Waals surface area contributed by atoms with E-state index in [4.69, 9.17) is 16.3 Å². The molecule has 0 heterocycles. The molecule has 1 aromatic carbocycles. The zero-order valence-corrected chi connectivity index (χ0v) is 10.1. The van der Waals surface area contributed by atoms with Gasteiger partial charge in [-0.1, -0.05) is 13.8 Å². The number of rotatable bonds is 5. The summed E-state index contributed by atoms with van der Waals surface area (Å²) in [7, 11) is 0. The smallest absolute Gasteiger partial charge is 0.180 e. The summed E-state index contributed by atoms with van der Waals surface area (Å²) in [6.45, 7) is 4.54. The second-order valence-electron chi connectivity index (χ2n) is 3.90. The second-order valence-corrected chi connectivity index (χ2v) is 4.17. The number of halogens is 2. The fourth-order valence-electron chi connectivity index (χ4n) is 1.14. The van der Waals surface area contributed by atoms with Crippen molar-refractivity contribution in [3.8, 4) is 5.75 Å². The summed E-state index contributed by atoms with van der Waals surface area (Å²) in [6.07, 6.45) is 0. The molecule has 0 unspecified atom stereocenters. The van der Waals surface area contributed by atoms with E-state index in [-0.39, 0.29) is 11.4 Å². The molecular weight excluding hydrogens is 231 g/mol. The molecule has 2 nitrogen and oxygen atoms in total. The molecule has 0 spiro atoms. The van der Waals surface area contributed by atoms with Crippen LogP contribution in [-0.2, 0) is 0 Å². The third-order valence-corrected chi connectivity index (χ3v) is 2.19. The molecule has 0 aliphatic rings. The van der Waals surface area contributed by atoms with Crippen molar-refractivity contribution in [2.75, 3.05) is 12.5 Å². The topological polar surface area (TPSA) is 26.3 Å². The number of benzene rings is 1. The Bertz CT molecular complexity index is 377. The van der Waals surface area contributed by atoms with Crippen molar-refractivity contribution in [2.45, 2.75) is 13.8 Å². The van der Waals surface area contributed by atoms with E-state index < -0.39 is 11.6 Å². The van der Waals surface area contributed by atoms with Crippen molar-refractivity contribution in [3.63, 3.8) is 0 Å². The zero-order chi connectivity index (χ0) is 12.1. The summed E-state index contributed by atoms with van der Waals surface area (Å²) in [4.78, 5) is 11.3. The first-order valence-electron chi connectivity index (χ1n) is 5.06. The van der Waals surface area contributed by atoms with Crippen LogP contribution < -0.4 is 4.74 Å². The number of hydrogen-bond donors (Lipinski definition) is 0. The minimum absolute atomic E-state index is 0.0174. The van der Waals surface area contributed by atoms with Crippen LogP contribution in [0.2, 0.25) is 0 Å². The Hall–Kier alpha value is -1.09. The lowest BCUT2D eigenvalue weighted by molar-refractivity contribution is 0.101. The van der Waals surface area contributed by atoms with Crippen LogP contribution in [0, 0.1) is 11.7 Å². The van der Waals surface area contributed by atoms with Crippen molar-refractivity contribution in [2.24, 2.45) is 5.92 Å². The molecule has 1 aromatic rings. The lowest BCUT2D eigenvalue weighted by atomic mass is 10.1. The Labute approximate surface area is 99.4 Å². The van der Waals surface area contributed by atoms with Crippen LogP contribution in [0.4, 0.5) is 4.39 Å². The predicted molar refractivity (Wildman–Crippen MR) is 61.8 cm³/mol. The van der Waals surface area contributed by atoms with Gasteiger partial charge in [-0.2, -0.15) is 0 Å². The van der Waals surface area contributed by atoms with Crippen molar-refractivity contribution < 1.29 is 13.9 Å². The van der Waals surface area contributed by atoms with E-state index in [0.717, 1.165) is 0 Å². The van der Waals surface area contributed by atoms with Gasteiger partial charge in [-0.3, -0.25) is 4.79 Å². The molecule has 0 aliphatic carbocycles. The Kier molecular flexibility index (Phi) is 4.74. The van der Waals surface area contributed by atoms with Gasteiger partial charge in [0.05, 0.1) is 18.1 Å². The standard InChI is InChI=1S/C12H14ClFO2/c1-8(2)7-16-9-3-4-11(14)10(5-9)12(15)6-13/h3-5,8H,6-7H2,1-2H3. The lowest BCUT2D eigenvalue weighted by Crippen LogP contribution is -2.07. The number of ketones is 1. The second kappa shape index (κ2) is 5.85. The van der Waals surface area contributed by atoms with Crippen molar-refractivity contribution in [1.29, 1.82) is 0 Å². The van der Waals surface area contributed by atoms with E-state index in [9.17, 15) is 9.18 Å². The minimum Gasteiger partial charge on any atom is -0.493 e. The van der Waals surface area contributed by atoms with E-state index in [1.807, 2.05) is 13.8 Å². The molecule has 0 N–H and O–H groups in total. The highest BCUT2D eigenvalue weighted by molar-refractivity contribution is 6.30. The van der Waals surface area contributed by atoms with Gasteiger partial charge in [0.2, 0.25) is 0 Å². The highest BCUT2D eigenvalue weighted by Gasteiger charge is 2.12. The molecule has 0 aliphatic heterocycles. The average Bonchev–Trinajstić information content (AvgIpc) is 2.27. The summed E-state index contributed by atoms with van der Waals surface area (Å²) in [5, 5.41) is 0. The maximum absolute atomic E-state index is 13.3. The first-order valence-corrected chi connectivity index (χ1v) is 5.59. The molecule has 4 heteroatoms. The van der Waals surface area contributed by atoms with Crippen LogP contribution >= 0.6 is 11.6 Å². The van der Waals surface area contributed by atoms with Crippen molar-refractivity contribution in [1.82, 2.24) is 0 Å². The number of alkyl halides is 1. The third kappa shape index (κ3) is 3.49. The predicted octanol–water partition coefficient (Wildman–Crippen LogP) is 3.28. The van der Waals surface area contributed by atoms with Gasteiger partial charge in [-0.25, -0.2) is 4.39 Å². The van der Waals surface area contributed by atoms with Gasteiger partial charge in [-0.15, -0.1) is 11.6 Å². The lowest BCUT2D eigenvalue weighted by Gasteiger charge is -2.09. The summed E-state index contributed by atoms with van der Waals surface area (Å²) in [5.41, 5.74) is -0.0174. The van der Waals surface area contributed by atoms with E-state index >= 15 is 0 Å². The molecule has 0 saturated carbocycles. The van der Waals surface area contributed by atoms with Crippen LogP contribution in [0.25, 0.3) is 0 Å². The fraction of sp³-hybridized carbons (Fsp3) is 0.417. The Morgan fingerprint density at radius 3 is 2.75 bits per heavy atom. The molecule has 0 amide bonds. The monoisotopic (exact) mass is 244 g/mol. The Balaban J connectivity index is 2.85. The van der Waals surface area contributed by atoms with Crippen molar-refractivity contribution in [3.05, 3.63) is 29.6 Å². The van der Waals surface area contributed by atoms with Crippen LogP contribution in [0.15, 0.2) is 18.2 Å². The van der Waals surface area contributed by atoms with Crippen LogP contribution in [-0.4, -0.2) is 18.3 Å². The summed E-state index contributed by atoms with van der Waals surface area (Å²) in [6, 6.07) is 4.11. The number of carbonyl (C=O) groups is 1. The largest absolute Gasteiger partial charge is 0.493 e. The maximum atomic E-state index is 13.3. The van der Waals surface area contributed by atoms with E-state index in [1.165, 1.54) is 18.2 Å². The minimum atomic E-state index is -0.567. The van der Waals surface area contributed by atoms with Gasteiger partial charge in [0.25, 0.3) is 0 Å². The number of hydrogen-bond acceptors (Lipinski definition) is 2. The van der Waals surface area contributed by atoms with Crippen LogP contribution in [0.5, 0.6) is 5.75 Å². The molecular formula is C12H14ClFO2. The van der Waals surface area contributed by atoms with Crippen LogP contribution in [0.3, 0.4) is 0 Å². The van der Waals surface area contributed by atoms with E-state index in [0.29, 0.717) is 18.3 Å².